The van der Waals surface area contributed by atoms with E-state index in [1.807, 2.05) is 6.92 Å². The lowest BCUT2D eigenvalue weighted by Gasteiger charge is -2.36. The van der Waals surface area contributed by atoms with Gasteiger partial charge in [0.05, 0.1) is 6.61 Å². The molecule has 114 valence electrons. The van der Waals surface area contributed by atoms with Crippen molar-refractivity contribution in [1.82, 2.24) is 0 Å². The number of rotatable bonds is 5. The third-order valence-corrected chi connectivity index (χ3v) is 8.30. The summed E-state index contributed by atoms with van der Waals surface area (Å²) in [5.74, 6) is 0.495. The number of aromatic hydroxyl groups is 1. The Balaban J connectivity index is 2.61. The Kier molecular flexibility index (Phi) is 5.10. The first-order chi connectivity index (χ1) is 9.03. The lowest BCUT2D eigenvalue weighted by molar-refractivity contribution is 0.131. The number of phenolic OH excluding ortho intramolecular Hbond substituents is 1. The molecule has 1 atom stereocenters. The third kappa shape index (κ3) is 4.42. The van der Waals surface area contributed by atoms with E-state index in [1.54, 1.807) is 12.1 Å². The molecule has 20 heavy (non-hydrogen) atoms. The highest BCUT2D eigenvalue weighted by atomic mass is 28.4. The quantitative estimate of drug-likeness (QED) is 0.493. The summed E-state index contributed by atoms with van der Waals surface area (Å²) in [5, 5.41) is 9.90. The molecule has 0 saturated heterocycles. The van der Waals surface area contributed by atoms with Crippen LogP contribution in [-0.2, 0) is 4.43 Å². The molecule has 4 nitrogen and oxygen atoms in total. The second-order valence-electron chi connectivity index (χ2n) is 6.73. The highest BCUT2D eigenvalue weighted by Crippen LogP contribution is 2.36. The average Bonchev–Trinajstić information content (AvgIpc) is 2.30. The summed E-state index contributed by atoms with van der Waals surface area (Å²) in [7, 11) is -1.78. The predicted molar refractivity (Wildman–Crippen MR) is 85.8 cm³/mol. The fourth-order valence-corrected chi connectivity index (χ4v) is 2.50. The van der Waals surface area contributed by atoms with Gasteiger partial charge < -0.3 is 20.0 Å². The van der Waals surface area contributed by atoms with Crippen LogP contribution in [0, 0.1) is 0 Å². The summed E-state index contributed by atoms with van der Waals surface area (Å²) in [6, 6.07) is 4.79. The first-order valence-corrected chi connectivity index (χ1v) is 9.83. The Labute approximate surface area is 123 Å². The molecule has 0 radical (unpaired) electrons. The van der Waals surface area contributed by atoms with Crippen LogP contribution in [0.3, 0.4) is 0 Å². The molecule has 0 heterocycles. The number of ether oxygens (including phenoxy) is 1. The molecule has 0 fully saturated rings. The maximum absolute atomic E-state index is 9.73. The van der Waals surface area contributed by atoms with Crippen molar-refractivity contribution in [3.05, 3.63) is 18.2 Å². The zero-order valence-electron chi connectivity index (χ0n) is 13.4. The van der Waals surface area contributed by atoms with Gasteiger partial charge in [-0.05, 0) is 37.2 Å². The summed E-state index contributed by atoms with van der Waals surface area (Å²) in [5.41, 5.74) is 6.25. The van der Waals surface area contributed by atoms with Crippen LogP contribution >= 0.6 is 0 Å². The van der Waals surface area contributed by atoms with Crippen molar-refractivity contribution in [3.63, 3.8) is 0 Å². The second-order valence-corrected chi connectivity index (χ2v) is 11.5. The highest BCUT2D eigenvalue weighted by Gasteiger charge is 2.37. The van der Waals surface area contributed by atoms with Crippen LogP contribution in [0.15, 0.2) is 18.2 Å². The van der Waals surface area contributed by atoms with Gasteiger partial charge in [0.2, 0.25) is 0 Å². The maximum Gasteiger partial charge on any atom is 0.192 e. The van der Waals surface area contributed by atoms with E-state index < -0.39 is 8.32 Å². The molecule has 0 amide bonds. The molecule has 0 aromatic heterocycles. The van der Waals surface area contributed by atoms with Gasteiger partial charge in [0, 0.05) is 11.8 Å². The van der Waals surface area contributed by atoms with Crippen molar-refractivity contribution in [2.75, 3.05) is 12.3 Å². The number of nitrogens with two attached hydrogens (primary N) is 1. The van der Waals surface area contributed by atoms with Gasteiger partial charge in [0.15, 0.2) is 19.8 Å². The summed E-state index contributed by atoms with van der Waals surface area (Å²) in [6.45, 7) is 13.5. The lowest BCUT2D eigenvalue weighted by atomic mass is 10.2. The highest BCUT2D eigenvalue weighted by molar-refractivity contribution is 6.74. The number of benzene rings is 1. The van der Waals surface area contributed by atoms with E-state index >= 15 is 0 Å². The van der Waals surface area contributed by atoms with Crippen molar-refractivity contribution < 1.29 is 14.3 Å². The minimum Gasteiger partial charge on any atom is -0.504 e. The zero-order valence-corrected chi connectivity index (χ0v) is 14.4. The van der Waals surface area contributed by atoms with Gasteiger partial charge in [0.25, 0.3) is 0 Å². The van der Waals surface area contributed by atoms with E-state index in [4.69, 9.17) is 14.9 Å². The number of hydrogen-bond acceptors (Lipinski definition) is 4. The second kappa shape index (κ2) is 6.05. The Morgan fingerprint density at radius 3 is 2.45 bits per heavy atom. The van der Waals surface area contributed by atoms with E-state index in [0.29, 0.717) is 18.0 Å². The van der Waals surface area contributed by atoms with Gasteiger partial charge in [-0.2, -0.15) is 0 Å². The van der Waals surface area contributed by atoms with Crippen molar-refractivity contribution in [2.24, 2.45) is 0 Å². The molecule has 0 spiro atoms. The predicted octanol–water partition coefficient (Wildman–Crippen LogP) is 3.76. The lowest BCUT2D eigenvalue weighted by Crippen LogP contribution is -2.43. The van der Waals surface area contributed by atoms with Crippen LogP contribution in [0.5, 0.6) is 11.5 Å². The van der Waals surface area contributed by atoms with Gasteiger partial charge in [-0.3, -0.25) is 0 Å². The van der Waals surface area contributed by atoms with Crippen LogP contribution in [0.2, 0.25) is 18.1 Å². The van der Waals surface area contributed by atoms with Gasteiger partial charge >= 0.3 is 0 Å². The van der Waals surface area contributed by atoms with E-state index in [-0.39, 0.29) is 16.9 Å². The van der Waals surface area contributed by atoms with Crippen LogP contribution in [0.1, 0.15) is 27.7 Å². The van der Waals surface area contributed by atoms with E-state index in [0.717, 1.165) is 0 Å². The first-order valence-electron chi connectivity index (χ1n) is 6.92. The summed E-state index contributed by atoms with van der Waals surface area (Å²) in [6.07, 6.45) is -0.142. The Hall–Kier alpha value is -1.20. The molecule has 0 aliphatic carbocycles. The normalized spacial score (nSPS) is 14.1. The van der Waals surface area contributed by atoms with Gasteiger partial charge in [0.1, 0.15) is 6.10 Å². The molecular formula is C15H27NO3Si. The van der Waals surface area contributed by atoms with Gasteiger partial charge in [-0.25, -0.2) is 0 Å². The molecule has 0 saturated carbocycles. The number of phenols is 1. The Morgan fingerprint density at radius 1 is 1.30 bits per heavy atom. The first kappa shape index (κ1) is 16.9. The molecule has 0 aliphatic rings. The van der Waals surface area contributed by atoms with E-state index in [1.165, 1.54) is 6.07 Å². The topological polar surface area (TPSA) is 64.7 Å². The molecule has 1 aromatic carbocycles. The molecular weight excluding hydrogens is 270 g/mol. The van der Waals surface area contributed by atoms with Crippen molar-refractivity contribution in [3.8, 4) is 11.5 Å². The van der Waals surface area contributed by atoms with Gasteiger partial charge in [-0.15, -0.1) is 0 Å². The van der Waals surface area contributed by atoms with Crippen LogP contribution in [-0.4, -0.2) is 26.1 Å². The van der Waals surface area contributed by atoms with Crippen LogP contribution in [0.4, 0.5) is 5.69 Å². The van der Waals surface area contributed by atoms with Crippen molar-refractivity contribution >= 4 is 14.0 Å². The Bertz CT molecular complexity index is 455. The molecule has 0 aliphatic heterocycles. The molecule has 1 aromatic rings. The molecule has 3 N–H and O–H groups in total. The van der Waals surface area contributed by atoms with Crippen molar-refractivity contribution in [1.29, 1.82) is 0 Å². The van der Waals surface area contributed by atoms with Crippen LogP contribution in [0.25, 0.3) is 0 Å². The average molecular weight is 297 g/mol. The number of nitrogen functional groups attached to an aromatic ring is 1. The molecule has 0 unspecified atom stereocenters. The van der Waals surface area contributed by atoms with E-state index in [2.05, 4.69) is 33.9 Å². The summed E-state index contributed by atoms with van der Waals surface area (Å²) >= 11 is 0. The monoisotopic (exact) mass is 297 g/mol. The zero-order chi connectivity index (χ0) is 15.6. The smallest absolute Gasteiger partial charge is 0.192 e. The Morgan fingerprint density at radius 2 is 1.90 bits per heavy atom. The maximum atomic E-state index is 9.73. The largest absolute Gasteiger partial charge is 0.504 e. The summed E-state index contributed by atoms with van der Waals surface area (Å²) in [4.78, 5) is 0. The van der Waals surface area contributed by atoms with E-state index in [9.17, 15) is 5.11 Å². The molecule has 5 heteroatoms. The fourth-order valence-electron chi connectivity index (χ4n) is 1.42. The molecule has 1 rings (SSSR count). The fraction of sp³-hybridized carbons (Fsp3) is 0.600. The van der Waals surface area contributed by atoms with Crippen molar-refractivity contribution in [2.45, 2.75) is 51.9 Å². The third-order valence-electron chi connectivity index (χ3n) is 3.80. The summed E-state index contributed by atoms with van der Waals surface area (Å²) < 4.78 is 11.8. The van der Waals surface area contributed by atoms with Crippen LogP contribution < -0.4 is 10.5 Å². The van der Waals surface area contributed by atoms with Gasteiger partial charge in [-0.1, -0.05) is 20.8 Å². The number of anilines is 1. The number of hydrogen-bond donors (Lipinski definition) is 2. The molecule has 0 bridgehead atoms. The SMILES string of the molecule is C[C@@H](CO[Si](C)(C)C(C)(C)C)Oc1cc(N)ccc1O. The standard InChI is InChI=1S/C15H27NO3Si/c1-11(10-18-20(5,6)15(2,3)4)19-14-9-12(16)7-8-13(14)17/h7-9,11,17H,10,16H2,1-6H3/t11-/m0/s1. The minimum absolute atomic E-state index is 0.0957. The minimum atomic E-state index is -1.78.